The highest BCUT2D eigenvalue weighted by molar-refractivity contribution is 7.89. The standard InChI is InChI=1S/C13H29NO2S/c1-6-7-9-14(11-13(4)5)17(15,16)10-8-12(2)3/h12-13H,6-11H2,1-5H3. The summed E-state index contributed by atoms with van der Waals surface area (Å²) in [7, 11) is -3.05. The fourth-order valence-corrected chi connectivity index (χ4v) is 3.56. The summed E-state index contributed by atoms with van der Waals surface area (Å²) in [6.45, 7) is 11.7. The summed E-state index contributed by atoms with van der Waals surface area (Å²) >= 11 is 0. The van der Waals surface area contributed by atoms with Gasteiger partial charge < -0.3 is 0 Å². The number of unbranched alkanes of at least 4 members (excludes halogenated alkanes) is 1. The normalized spacial score (nSPS) is 12.9. The maximum atomic E-state index is 12.2. The van der Waals surface area contributed by atoms with Gasteiger partial charge in [0, 0.05) is 13.1 Å². The van der Waals surface area contributed by atoms with E-state index in [1.807, 2.05) is 0 Å². The Bertz CT molecular complexity index is 284. The minimum atomic E-state index is -3.05. The van der Waals surface area contributed by atoms with E-state index in [2.05, 4.69) is 34.6 Å². The van der Waals surface area contributed by atoms with Gasteiger partial charge in [-0.2, -0.15) is 0 Å². The van der Waals surface area contributed by atoms with Gasteiger partial charge in [0.1, 0.15) is 0 Å². The monoisotopic (exact) mass is 263 g/mol. The van der Waals surface area contributed by atoms with Crippen LogP contribution in [-0.2, 0) is 10.0 Å². The fourth-order valence-electron chi connectivity index (χ4n) is 1.60. The second kappa shape index (κ2) is 8.09. The van der Waals surface area contributed by atoms with Crippen molar-refractivity contribution in [2.75, 3.05) is 18.8 Å². The molecule has 0 aliphatic rings. The second-order valence-electron chi connectivity index (χ2n) is 5.60. The van der Waals surface area contributed by atoms with Crippen LogP contribution in [0, 0.1) is 11.8 Å². The quantitative estimate of drug-likeness (QED) is 0.641. The molecule has 0 N–H and O–H groups in total. The van der Waals surface area contributed by atoms with Crippen molar-refractivity contribution in [1.82, 2.24) is 4.31 Å². The van der Waals surface area contributed by atoms with E-state index in [1.165, 1.54) is 0 Å². The van der Waals surface area contributed by atoms with Gasteiger partial charge >= 0.3 is 0 Å². The molecule has 0 aliphatic heterocycles. The minimum Gasteiger partial charge on any atom is -0.212 e. The Morgan fingerprint density at radius 3 is 2.06 bits per heavy atom. The van der Waals surface area contributed by atoms with Gasteiger partial charge in [0.15, 0.2) is 0 Å². The molecule has 0 amide bonds. The Morgan fingerprint density at radius 2 is 1.65 bits per heavy atom. The van der Waals surface area contributed by atoms with Crippen molar-refractivity contribution < 1.29 is 8.42 Å². The molecule has 0 radical (unpaired) electrons. The summed E-state index contributed by atoms with van der Waals surface area (Å²) in [5.41, 5.74) is 0. The van der Waals surface area contributed by atoms with E-state index in [4.69, 9.17) is 0 Å². The predicted molar refractivity (Wildman–Crippen MR) is 74.6 cm³/mol. The molecule has 0 atom stereocenters. The Hall–Kier alpha value is -0.0900. The first-order chi connectivity index (χ1) is 7.79. The molecule has 0 fully saturated rings. The number of sulfonamides is 1. The van der Waals surface area contributed by atoms with Gasteiger partial charge in [-0.1, -0.05) is 41.0 Å². The van der Waals surface area contributed by atoms with Gasteiger partial charge in [0.25, 0.3) is 0 Å². The highest BCUT2D eigenvalue weighted by Gasteiger charge is 2.22. The minimum absolute atomic E-state index is 0.293. The van der Waals surface area contributed by atoms with Crippen molar-refractivity contribution in [2.45, 2.75) is 53.9 Å². The van der Waals surface area contributed by atoms with E-state index in [0.29, 0.717) is 30.7 Å². The van der Waals surface area contributed by atoms with Crippen LogP contribution in [0.2, 0.25) is 0 Å². The van der Waals surface area contributed by atoms with Crippen LogP contribution in [0.25, 0.3) is 0 Å². The summed E-state index contributed by atoms with van der Waals surface area (Å²) in [5, 5.41) is 0. The van der Waals surface area contributed by atoms with Crippen molar-refractivity contribution in [1.29, 1.82) is 0 Å². The molecule has 0 spiro atoms. The fraction of sp³-hybridized carbons (Fsp3) is 1.00. The molecule has 3 nitrogen and oxygen atoms in total. The molecule has 0 heterocycles. The highest BCUT2D eigenvalue weighted by Crippen LogP contribution is 2.12. The number of rotatable bonds is 9. The number of hydrogen-bond acceptors (Lipinski definition) is 2. The van der Waals surface area contributed by atoms with Crippen molar-refractivity contribution in [3.8, 4) is 0 Å². The molecule has 0 rings (SSSR count). The van der Waals surface area contributed by atoms with E-state index < -0.39 is 10.0 Å². The van der Waals surface area contributed by atoms with E-state index in [-0.39, 0.29) is 0 Å². The third kappa shape index (κ3) is 7.77. The van der Waals surface area contributed by atoms with E-state index in [0.717, 1.165) is 19.3 Å². The predicted octanol–water partition coefficient (Wildman–Crippen LogP) is 3.12. The summed E-state index contributed by atoms with van der Waals surface area (Å²) in [5.74, 6) is 1.12. The zero-order valence-corrected chi connectivity index (χ0v) is 12.9. The first-order valence-corrected chi connectivity index (χ1v) is 8.38. The van der Waals surface area contributed by atoms with Gasteiger partial charge in [-0.25, -0.2) is 12.7 Å². The lowest BCUT2D eigenvalue weighted by molar-refractivity contribution is 0.360. The SMILES string of the molecule is CCCCN(CC(C)C)S(=O)(=O)CCC(C)C. The molecule has 0 saturated carbocycles. The average Bonchev–Trinajstić information content (AvgIpc) is 2.21. The molecule has 0 aliphatic carbocycles. The maximum absolute atomic E-state index is 12.2. The second-order valence-corrected chi connectivity index (χ2v) is 7.69. The van der Waals surface area contributed by atoms with Crippen LogP contribution in [0.1, 0.15) is 53.9 Å². The van der Waals surface area contributed by atoms with Gasteiger partial charge in [0.05, 0.1) is 5.75 Å². The van der Waals surface area contributed by atoms with Gasteiger partial charge in [-0.15, -0.1) is 0 Å². The summed E-state index contributed by atoms with van der Waals surface area (Å²) in [6.07, 6.45) is 2.74. The van der Waals surface area contributed by atoms with Crippen LogP contribution in [0.3, 0.4) is 0 Å². The molecule has 17 heavy (non-hydrogen) atoms. The van der Waals surface area contributed by atoms with Crippen molar-refractivity contribution in [3.63, 3.8) is 0 Å². The lowest BCUT2D eigenvalue weighted by atomic mass is 10.2. The molecule has 0 unspecified atom stereocenters. The lowest BCUT2D eigenvalue weighted by Crippen LogP contribution is -2.37. The molecule has 0 aromatic rings. The molecule has 0 aromatic heterocycles. The molecular weight excluding hydrogens is 234 g/mol. The van der Waals surface area contributed by atoms with Crippen molar-refractivity contribution in [3.05, 3.63) is 0 Å². The molecule has 0 saturated heterocycles. The summed E-state index contributed by atoms with van der Waals surface area (Å²) < 4.78 is 26.1. The topological polar surface area (TPSA) is 37.4 Å². The van der Waals surface area contributed by atoms with Gasteiger partial charge in [0.2, 0.25) is 10.0 Å². The van der Waals surface area contributed by atoms with Crippen LogP contribution in [-0.4, -0.2) is 31.6 Å². The third-order valence-corrected chi connectivity index (χ3v) is 4.55. The zero-order valence-electron chi connectivity index (χ0n) is 12.1. The van der Waals surface area contributed by atoms with Crippen LogP contribution < -0.4 is 0 Å². The van der Waals surface area contributed by atoms with E-state index in [1.54, 1.807) is 4.31 Å². The Kier molecular flexibility index (Phi) is 8.05. The van der Waals surface area contributed by atoms with Crippen LogP contribution in [0.15, 0.2) is 0 Å². The Labute approximate surface area is 108 Å². The van der Waals surface area contributed by atoms with Gasteiger partial charge in [-0.05, 0) is 24.7 Å². The maximum Gasteiger partial charge on any atom is 0.214 e. The first-order valence-electron chi connectivity index (χ1n) is 6.77. The largest absolute Gasteiger partial charge is 0.214 e. The molecular formula is C13H29NO2S. The third-order valence-electron chi connectivity index (χ3n) is 2.68. The van der Waals surface area contributed by atoms with Crippen LogP contribution >= 0.6 is 0 Å². The number of hydrogen-bond donors (Lipinski definition) is 0. The zero-order chi connectivity index (χ0) is 13.5. The Morgan fingerprint density at radius 1 is 1.06 bits per heavy atom. The smallest absolute Gasteiger partial charge is 0.212 e. The Balaban J connectivity index is 4.52. The molecule has 0 bridgehead atoms. The molecule has 4 heteroatoms. The van der Waals surface area contributed by atoms with Crippen LogP contribution in [0.4, 0.5) is 0 Å². The average molecular weight is 263 g/mol. The first kappa shape index (κ1) is 16.9. The molecule has 104 valence electrons. The molecule has 0 aromatic carbocycles. The van der Waals surface area contributed by atoms with Crippen LogP contribution in [0.5, 0.6) is 0 Å². The lowest BCUT2D eigenvalue weighted by Gasteiger charge is -2.24. The summed E-state index contributed by atoms with van der Waals surface area (Å²) in [4.78, 5) is 0. The van der Waals surface area contributed by atoms with E-state index >= 15 is 0 Å². The van der Waals surface area contributed by atoms with Crippen molar-refractivity contribution in [2.24, 2.45) is 11.8 Å². The van der Waals surface area contributed by atoms with Gasteiger partial charge in [-0.3, -0.25) is 0 Å². The number of nitrogens with zero attached hydrogens (tertiary/aromatic N) is 1. The summed E-state index contributed by atoms with van der Waals surface area (Å²) in [6, 6.07) is 0. The highest BCUT2D eigenvalue weighted by atomic mass is 32.2. The van der Waals surface area contributed by atoms with E-state index in [9.17, 15) is 8.42 Å². The van der Waals surface area contributed by atoms with Crippen molar-refractivity contribution >= 4 is 10.0 Å².